The summed E-state index contributed by atoms with van der Waals surface area (Å²) >= 11 is 0. The van der Waals surface area contributed by atoms with E-state index in [2.05, 4.69) is 97.2 Å². The molecule has 2 aliphatic heterocycles. The highest BCUT2D eigenvalue weighted by Crippen LogP contribution is 2.50. The molecule has 3 aromatic rings. The van der Waals surface area contributed by atoms with Crippen molar-refractivity contribution in [2.75, 3.05) is 80.3 Å². The number of carboxylic acid groups (broad SMARTS) is 1. The maximum Gasteiger partial charge on any atom is 0.326 e. The van der Waals surface area contributed by atoms with Gasteiger partial charge in [0.25, 0.3) is 1.43 Å². The summed E-state index contributed by atoms with van der Waals surface area (Å²) in [6.45, 7) is 6.66. The first kappa shape index (κ1) is 49.5. The molecule has 396 valence electrons. The Hall–Kier alpha value is -6.76. The number of benzene rings is 3. The van der Waals surface area contributed by atoms with E-state index in [1.54, 1.807) is 19.0 Å². The van der Waals surface area contributed by atoms with Crippen LogP contribution < -0.4 is 4.90 Å². The minimum absolute atomic E-state index is 0.0439. The van der Waals surface area contributed by atoms with Gasteiger partial charge in [-0.05, 0) is 106 Å². The molecular formula is C61H82N7O6+. The third kappa shape index (κ3) is 12.9. The number of allylic oxidation sites excluding steroid dienone is 8. The van der Waals surface area contributed by atoms with Crippen molar-refractivity contribution in [3.8, 4) is 0 Å². The molecule has 13 heteroatoms. The standard InChI is InChI=1S/C61H81N7O6/c1-12-23-52(58(72)73)68(11)59(74)65(8)41-22-39-63(6)56(70)37-36-55(69)62(5)38-21-40-64(7)57(71)43-61(4)49-29-17-19-31-51(49)67(10)54(61)35-33-46-27-20-26-45(47(46)42-44-24-14-13-15-25-44)32-34-53-60(2,3)48-28-16-18-30-50(48)66(53)9/h13-19,24-25,28-35,52H,12,20-23,26-27,36-43H2,1-11H3/p+1/i9T,10T,38T,41T/hT. The van der Waals surface area contributed by atoms with E-state index >= 15 is 0 Å². The third-order valence-corrected chi connectivity index (χ3v) is 15.2. The SMILES string of the molecule is [3H]CN1C(=CC=C2CCCC(C=CC3=[N+](C[3H])c4ccccc4C3(C)C)=C2Cc2ccccc2)C(C)(CC(=O)N(C)CCC([3H])N(C)C(=O)CCC(=O)N(C)CCC([3H])N(C)C(=O)N(C)C(CCC)C(=O)O[3H])c2ccccc21. The minimum atomic E-state index is -1.05. The fraction of sp³-hybridized carbons (Fsp3) is 0.475. The van der Waals surface area contributed by atoms with Crippen LogP contribution in [0.15, 0.2) is 126 Å². The van der Waals surface area contributed by atoms with Gasteiger partial charge in [-0.2, -0.15) is 4.58 Å². The zero-order chi connectivity index (χ0) is 57.8. The van der Waals surface area contributed by atoms with E-state index in [0.29, 0.717) is 12.8 Å². The van der Waals surface area contributed by atoms with Gasteiger partial charge in [0.2, 0.25) is 23.4 Å². The largest absolute Gasteiger partial charge is 0.480 e. The van der Waals surface area contributed by atoms with Crippen LogP contribution in [0.4, 0.5) is 16.2 Å². The van der Waals surface area contributed by atoms with Gasteiger partial charge >= 0.3 is 12.0 Å². The highest BCUT2D eigenvalue weighted by molar-refractivity contribution is 6.03. The molecule has 1 aliphatic carbocycles. The Morgan fingerprint density at radius 3 is 2.09 bits per heavy atom. The normalized spacial score (nSPS) is 20.2. The lowest BCUT2D eigenvalue weighted by Gasteiger charge is -2.30. The van der Waals surface area contributed by atoms with Crippen LogP contribution >= 0.6 is 0 Å². The lowest BCUT2D eigenvalue weighted by atomic mass is 9.77. The van der Waals surface area contributed by atoms with Crippen LogP contribution in [0.25, 0.3) is 1.43 Å². The number of carboxylic acids is 1. The Bertz CT molecular complexity index is 2850. The summed E-state index contributed by atoms with van der Waals surface area (Å²) in [7, 11) is 7.71. The van der Waals surface area contributed by atoms with Crippen LogP contribution in [-0.4, -0.2) is 151 Å². The number of nitrogens with zero attached hydrogens (tertiary/aromatic N) is 7. The lowest BCUT2D eigenvalue weighted by Crippen LogP contribution is -2.48. The number of rotatable bonds is 22. The van der Waals surface area contributed by atoms with E-state index in [1.165, 1.54) is 58.8 Å². The fourth-order valence-corrected chi connectivity index (χ4v) is 10.5. The average Bonchev–Trinajstić information content (AvgIpc) is 4.06. The number of hydrogen-bond acceptors (Lipinski definition) is 7. The molecule has 0 saturated heterocycles. The molecule has 0 radical (unpaired) electrons. The number of anilines is 1. The van der Waals surface area contributed by atoms with E-state index < -0.39 is 42.4 Å². The highest BCUT2D eigenvalue weighted by atomic mass is 16.4. The molecule has 3 aromatic carbocycles. The number of amides is 5. The Morgan fingerprint density at radius 1 is 0.784 bits per heavy atom. The van der Waals surface area contributed by atoms with Gasteiger partial charge in [-0.3, -0.25) is 14.4 Å². The van der Waals surface area contributed by atoms with Gasteiger partial charge in [0.15, 0.2) is 5.71 Å². The Kier molecular flexibility index (Phi) is 16.7. The van der Waals surface area contributed by atoms with Crippen molar-refractivity contribution >= 4 is 46.8 Å². The summed E-state index contributed by atoms with van der Waals surface area (Å²) in [5, 5.41) is 4.12. The smallest absolute Gasteiger partial charge is 0.326 e. The van der Waals surface area contributed by atoms with E-state index in [0.717, 1.165) is 63.8 Å². The van der Waals surface area contributed by atoms with Crippen molar-refractivity contribution in [2.45, 2.75) is 115 Å². The first-order chi connectivity index (χ1) is 37.6. The Balaban J connectivity index is 1.11. The Morgan fingerprint density at radius 2 is 1.42 bits per heavy atom. The molecule has 0 aromatic heterocycles. The maximum atomic E-state index is 14.4. The fourth-order valence-electron chi connectivity index (χ4n) is 10.5. The Labute approximate surface area is 448 Å². The van der Waals surface area contributed by atoms with Gasteiger partial charge in [-0.25, -0.2) is 9.59 Å². The average molecular weight is 1020 g/mol. The summed E-state index contributed by atoms with van der Waals surface area (Å²) in [5.74, 6) is -1.74. The minimum Gasteiger partial charge on any atom is -0.480 e. The molecule has 2 heterocycles. The van der Waals surface area contributed by atoms with Crippen LogP contribution in [0.1, 0.15) is 114 Å². The lowest BCUT2D eigenvalue weighted by molar-refractivity contribution is -0.401. The van der Waals surface area contributed by atoms with E-state index in [1.807, 2.05) is 48.2 Å². The number of para-hydroxylation sites is 2. The number of fused-ring (bicyclic) bond motifs is 2. The van der Waals surface area contributed by atoms with Gasteiger partial charge in [-0.15, -0.1) is 0 Å². The third-order valence-electron chi connectivity index (χ3n) is 15.2. The number of urea groups is 1. The molecule has 0 fully saturated rings. The van der Waals surface area contributed by atoms with E-state index in [9.17, 15) is 24.0 Å². The first-order valence-corrected chi connectivity index (χ1v) is 25.9. The molecule has 5 amide bonds. The number of carbonyl (C=O) groups is 5. The van der Waals surface area contributed by atoms with Crippen LogP contribution in [0, 0.1) is 0 Å². The predicted octanol–water partition coefficient (Wildman–Crippen LogP) is 9.75. The predicted molar refractivity (Wildman–Crippen MR) is 297 cm³/mol. The van der Waals surface area contributed by atoms with Crippen LogP contribution in [0.3, 0.4) is 0 Å². The molecule has 3 aliphatic rings. The molecule has 74 heavy (non-hydrogen) atoms. The molecule has 1 N–H and O–H groups in total. The van der Waals surface area contributed by atoms with Crippen molar-refractivity contribution in [2.24, 2.45) is 0 Å². The van der Waals surface area contributed by atoms with Crippen molar-refractivity contribution in [1.29, 1.82) is 1.43 Å². The summed E-state index contributed by atoms with van der Waals surface area (Å²) < 4.78 is 43.8. The molecule has 0 spiro atoms. The van der Waals surface area contributed by atoms with Gasteiger partial charge < -0.3 is 34.5 Å². The summed E-state index contributed by atoms with van der Waals surface area (Å²) in [6.07, 6.45) is 13.3. The molecule has 4 atom stereocenters. The first-order valence-electron chi connectivity index (χ1n) is 28.9. The zero-order valence-corrected chi connectivity index (χ0v) is 45.2. The van der Waals surface area contributed by atoms with Crippen LogP contribution in [0.2, 0.25) is 0 Å². The maximum absolute atomic E-state index is 14.4. The summed E-state index contributed by atoms with van der Waals surface area (Å²) in [4.78, 5) is 74.5. The highest BCUT2D eigenvalue weighted by Gasteiger charge is 2.45. The van der Waals surface area contributed by atoms with Crippen LogP contribution in [0.5, 0.6) is 0 Å². The summed E-state index contributed by atoms with van der Waals surface area (Å²) in [6, 6.07) is 25.2. The second-order valence-electron chi connectivity index (χ2n) is 20.7. The van der Waals surface area contributed by atoms with E-state index in [-0.39, 0.29) is 76.5 Å². The van der Waals surface area contributed by atoms with Crippen molar-refractivity contribution in [3.05, 3.63) is 142 Å². The molecule has 0 bridgehead atoms. The van der Waals surface area contributed by atoms with E-state index in [4.69, 9.17) is 6.91 Å². The van der Waals surface area contributed by atoms with Gasteiger partial charge in [0, 0.05) is 126 Å². The molecule has 0 saturated carbocycles. The van der Waals surface area contributed by atoms with Gasteiger partial charge in [0.05, 0.1) is 5.41 Å². The molecular weight excluding hydrogens is 927 g/mol. The van der Waals surface area contributed by atoms with Gasteiger partial charge in [0.1, 0.15) is 14.4 Å². The second-order valence-corrected chi connectivity index (χ2v) is 20.7. The van der Waals surface area contributed by atoms with Crippen molar-refractivity contribution in [1.82, 2.24) is 24.5 Å². The van der Waals surface area contributed by atoms with Crippen molar-refractivity contribution < 1.29 is 39.1 Å². The quantitative estimate of drug-likeness (QED) is 0.0994. The number of aliphatic carboxylic acids is 1. The topological polar surface area (TPSA) is 128 Å². The summed E-state index contributed by atoms with van der Waals surface area (Å²) in [5.41, 5.74) is 9.93. The molecule has 4 unspecified atom stereocenters. The van der Waals surface area contributed by atoms with Gasteiger partial charge in [-0.1, -0.05) is 92.2 Å². The van der Waals surface area contributed by atoms with Crippen molar-refractivity contribution in [3.63, 3.8) is 0 Å². The monoisotopic (exact) mass is 1020 g/mol. The molecule has 13 nitrogen and oxygen atoms in total. The zero-order valence-electron chi connectivity index (χ0n) is 50.2. The second kappa shape index (κ2) is 25.0. The number of hydrogen-bond donors (Lipinski definition) is 1. The van der Waals surface area contributed by atoms with Crippen LogP contribution in [-0.2, 0) is 36.4 Å². The number of carbonyl (C=O) groups excluding carboxylic acids is 4. The number of likely N-dealkylation sites (N-methyl/N-ethyl adjacent to an activating group) is 2. The molecule has 6 rings (SSSR count).